The van der Waals surface area contributed by atoms with Crippen molar-refractivity contribution in [2.24, 2.45) is 0 Å². The molecule has 0 bridgehead atoms. The Morgan fingerprint density at radius 2 is 1.80 bits per heavy atom. The largest absolute Gasteiger partial charge is 0.493 e. The van der Waals surface area contributed by atoms with Crippen molar-refractivity contribution < 1.29 is 28.3 Å². The summed E-state index contributed by atoms with van der Waals surface area (Å²) in [5.74, 6) is 2.96. The minimum Gasteiger partial charge on any atom is -0.493 e. The van der Waals surface area contributed by atoms with Crippen LogP contribution in [0.25, 0.3) is 11.3 Å². The molecule has 0 radical (unpaired) electrons. The lowest BCUT2D eigenvalue weighted by atomic mass is 10.00. The van der Waals surface area contributed by atoms with Crippen LogP contribution in [-0.2, 0) is 10.2 Å². The van der Waals surface area contributed by atoms with E-state index in [-0.39, 0.29) is 12.7 Å². The third-order valence-corrected chi connectivity index (χ3v) is 5.48. The summed E-state index contributed by atoms with van der Waals surface area (Å²) in [6, 6.07) is 12.6. The van der Waals surface area contributed by atoms with E-state index in [0.717, 1.165) is 5.56 Å². The van der Waals surface area contributed by atoms with Crippen LogP contribution in [0.1, 0.15) is 18.5 Å². The van der Waals surface area contributed by atoms with Gasteiger partial charge in [-0.25, -0.2) is 0 Å². The van der Waals surface area contributed by atoms with Crippen LogP contribution in [0, 0.1) is 0 Å². The summed E-state index contributed by atoms with van der Waals surface area (Å²) in [6.45, 7) is 0.208. The molecule has 1 fully saturated rings. The minimum absolute atomic E-state index is 0.125. The molecule has 3 aromatic rings. The third kappa shape index (κ3) is 3.01. The van der Waals surface area contributed by atoms with Gasteiger partial charge in [0, 0.05) is 23.4 Å². The Labute approximate surface area is 172 Å². The predicted molar refractivity (Wildman–Crippen MR) is 107 cm³/mol. The number of methoxy groups -OCH3 is 2. The van der Waals surface area contributed by atoms with Gasteiger partial charge >= 0.3 is 0 Å². The lowest BCUT2D eigenvalue weighted by Crippen LogP contribution is -2.28. The number of amides is 1. The van der Waals surface area contributed by atoms with Crippen LogP contribution < -0.4 is 24.3 Å². The molecule has 8 heteroatoms. The van der Waals surface area contributed by atoms with E-state index in [4.69, 9.17) is 23.5 Å². The highest BCUT2D eigenvalue weighted by molar-refractivity contribution is 6.01. The fourth-order valence-electron chi connectivity index (χ4n) is 3.58. The van der Waals surface area contributed by atoms with E-state index < -0.39 is 5.41 Å². The maximum atomic E-state index is 13.0. The van der Waals surface area contributed by atoms with Crippen LogP contribution >= 0.6 is 0 Å². The number of benzene rings is 2. The van der Waals surface area contributed by atoms with Crippen LogP contribution in [0.4, 0.5) is 5.69 Å². The zero-order chi connectivity index (χ0) is 20.7. The highest BCUT2D eigenvalue weighted by atomic mass is 16.7. The molecule has 2 aliphatic rings. The van der Waals surface area contributed by atoms with Gasteiger partial charge in [0.25, 0.3) is 0 Å². The summed E-state index contributed by atoms with van der Waals surface area (Å²) < 4.78 is 26.8. The second kappa shape index (κ2) is 6.98. The van der Waals surface area contributed by atoms with Gasteiger partial charge in [0.05, 0.1) is 25.3 Å². The standard InChI is InChI=1S/C22H20N2O6/c1-26-15-6-4-14(10-18(15)27-2)23-21(25)22(7-8-22)20-11-17(30-24-20)13-3-5-16-19(9-13)29-12-28-16/h3-6,9-11H,7-8,12H2,1-2H3,(H,23,25). The number of aromatic nitrogens is 1. The second-order valence-electron chi connectivity index (χ2n) is 7.25. The van der Waals surface area contributed by atoms with Crippen LogP contribution in [0.15, 0.2) is 47.0 Å². The van der Waals surface area contributed by atoms with Crippen molar-refractivity contribution in [2.45, 2.75) is 18.3 Å². The van der Waals surface area contributed by atoms with Gasteiger partial charge in [0.15, 0.2) is 28.8 Å². The van der Waals surface area contributed by atoms with Crippen LogP contribution in [-0.4, -0.2) is 32.1 Å². The van der Waals surface area contributed by atoms with E-state index in [1.807, 2.05) is 24.3 Å². The molecule has 0 spiro atoms. The van der Waals surface area contributed by atoms with Crippen LogP contribution in [0.2, 0.25) is 0 Å². The number of hydrogen-bond acceptors (Lipinski definition) is 7. The zero-order valence-electron chi connectivity index (χ0n) is 16.6. The van der Waals surface area contributed by atoms with Gasteiger partial charge in [-0.3, -0.25) is 4.79 Å². The smallest absolute Gasteiger partial charge is 0.236 e. The molecule has 8 nitrogen and oxygen atoms in total. The van der Waals surface area contributed by atoms with Crippen molar-refractivity contribution in [1.29, 1.82) is 0 Å². The van der Waals surface area contributed by atoms with Crippen molar-refractivity contribution in [3.63, 3.8) is 0 Å². The van der Waals surface area contributed by atoms with Crippen molar-refractivity contribution in [2.75, 3.05) is 26.3 Å². The van der Waals surface area contributed by atoms with E-state index in [2.05, 4.69) is 10.5 Å². The van der Waals surface area contributed by atoms with E-state index in [9.17, 15) is 4.79 Å². The van der Waals surface area contributed by atoms with Crippen molar-refractivity contribution in [3.8, 4) is 34.3 Å². The first kappa shape index (κ1) is 18.4. The fourth-order valence-corrected chi connectivity index (χ4v) is 3.58. The summed E-state index contributed by atoms with van der Waals surface area (Å²) in [6.07, 6.45) is 1.42. The van der Waals surface area contributed by atoms with Gasteiger partial charge < -0.3 is 28.8 Å². The molecule has 1 saturated carbocycles. The summed E-state index contributed by atoms with van der Waals surface area (Å²) in [5.41, 5.74) is 1.37. The first-order valence-corrected chi connectivity index (χ1v) is 9.54. The average Bonchev–Trinajstić information content (AvgIpc) is 3.21. The minimum atomic E-state index is -0.689. The fraction of sp³-hybridized carbons (Fsp3) is 0.273. The molecule has 1 amide bonds. The number of hydrogen-bond donors (Lipinski definition) is 1. The molecular weight excluding hydrogens is 388 g/mol. The average molecular weight is 408 g/mol. The molecule has 154 valence electrons. The monoisotopic (exact) mass is 408 g/mol. The van der Waals surface area contributed by atoms with Gasteiger partial charge in [0.1, 0.15) is 0 Å². The quantitative estimate of drug-likeness (QED) is 0.664. The summed E-state index contributed by atoms with van der Waals surface area (Å²) in [5, 5.41) is 7.15. The van der Waals surface area contributed by atoms with Crippen LogP contribution in [0.3, 0.4) is 0 Å². The van der Waals surface area contributed by atoms with E-state index in [1.54, 1.807) is 32.4 Å². The molecular formula is C22H20N2O6. The number of anilines is 1. The molecule has 1 aliphatic carbocycles. The van der Waals surface area contributed by atoms with Gasteiger partial charge in [-0.2, -0.15) is 0 Å². The second-order valence-corrected chi connectivity index (χ2v) is 7.25. The number of fused-ring (bicyclic) bond motifs is 1. The van der Waals surface area contributed by atoms with Crippen molar-refractivity contribution in [1.82, 2.24) is 5.16 Å². The Morgan fingerprint density at radius 1 is 1.00 bits per heavy atom. The number of nitrogens with one attached hydrogen (secondary N) is 1. The van der Waals surface area contributed by atoms with Gasteiger partial charge in [-0.1, -0.05) is 5.16 Å². The molecule has 1 N–H and O–H groups in total. The Hall–Kier alpha value is -3.68. The maximum absolute atomic E-state index is 13.0. The third-order valence-electron chi connectivity index (χ3n) is 5.48. The first-order chi connectivity index (χ1) is 14.6. The van der Waals surface area contributed by atoms with Crippen molar-refractivity contribution >= 4 is 11.6 Å². The Kier molecular flexibility index (Phi) is 4.27. The highest BCUT2D eigenvalue weighted by Crippen LogP contribution is 2.49. The number of carbonyl (C=O) groups excluding carboxylic acids is 1. The lowest BCUT2D eigenvalue weighted by Gasteiger charge is -2.14. The van der Waals surface area contributed by atoms with E-state index in [1.165, 1.54) is 0 Å². The number of rotatable bonds is 6. The lowest BCUT2D eigenvalue weighted by molar-refractivity contribution is -0.118. The van der Waals surface area contributed by atoms with Crippen molar-refractivity contribution in [3.05, 3.63) is 48.2 Å². The SMILES string of the molecule is COc1ccc(NC(=O)C2(c3cc(-c4ccc5c(c4)OCO5)on3)CC2)cc1OC. The Balaban J connectivity index is 1.36. The number of ether oxygens (including phenoxy) is 4. The maximum Gasteiger partial charge on any atom is 0.236 e. The topological polar surface area (TPSA) is 92.1 Å². The highest BCUT2D eigenvalue weighted by Gasteiger charge is 2.54. The first-order valence-electron chi connectivity index (χ1n) is 9.54. The molecule has 1 aliphatic heterocycles. The molecule has 0 atom stereocenters. The molecule has 2 heterocycles. The molecule has 1 aromatic heterocycles. The van der Waals surface area contributed by atoms with Crippen LogP contribution in [0.5, 0.6) is 23.0 Å². The predicted octanol–water partition coefficient (Wildman–Crippen LogP) is 3.76. The molecule has 5 rings (SSSR count). The van der Waals surface area contributed by atoms with E-state index in [0.29, 0.717) is 53.0 Å². The van der Waals surface area contributed by atoms with Gasteiger partial charge in [-0.15, -0.1) is 0 Å². The van der Waals surface area contributed by atoms with Gasteiger partial charge in [0.2, 0.25) is 12.7 Å². The summed E-state index contributed by atoms with van der Waals surface area (Å²) in [4.78, 5) is 13.0. The van der Waals surface area contributed by atoms with Gasteiger partial charge in [-0.05, 0) is 43.2 Å². The summed E-state index contributed by atoms with van der Waals surface area (Å²) in [7, 11) is 3.12. The molecule has 2 aromatic carbocycles. The molecule has 30 heavy (non-hydrogen) atoms. The molecule has 0 saturated heterocycles. The number of carbonyl (C=O) groups is 1. The Morgan fingerprint density at radius 3 is 2.57 bits per heavy atom. The normalized spacial score (nSPS) is 15.5. The zero-order valence-corrected chi connectivity index (χ0v) is 16.6. The van der Waals surface area contributed by atoms with E-state index >= 15 is 0 Å². The number of nitrogens with zero attached hydrogens (tertiary/aromatic N) is 1. The molecule has 0 unspecified atom stereocenters. The summed E-state index contributed by atoms with van der Waals surface area (Å²) >= 11 is 0. The Bertz CT molecular complexity index is 1120.